The fourth-order valence-electron chi connectivity index (χ4n) is 4.13. The molecule has 1 saturated heterocycles. The number of ketones is 1. The standard InChI is InChI=1S/C29H28N2O6/c1-4-14-36-23-12-6-8-19(16-23)26(32)24-25(21-10-7-13-30-17-21)31(28(34)27(24)33)22-11-5-9-20(15-22)29(35)37-18(2)3/h5-13,15-18,25,32H,4,14H2,1-3H3/b26-24+. The van der Waals surface area contributed by atoms with Crippen LogP contribution in [0.1, 0.15) is 54.7 Å². The molecule has 1 unspecified atom stereocenters. The summed E-state index contributed by atoms with van der Waals surface area (Å²) in [4.78, 5) is 44.7. The number of aliphatic hydroxyl groups excluding tert-OH is 1. The number of hydrogen-bond acceptors (Lipinski definition) is 7. The maximum atomic E-state index is 13.4. The summed E-state index contributed by atoms with van der Waals surface area (Å²) >= 11 is 0. The Morgan fingerprint density at radius 2 is 1.81 bits per heavy atom. The molecule has 0 aliphatic carbocycles. The third kappa shape index (κ3) is 5.38. The van der Waals surface area contributed by atoms with Gasteiger partial charge < -0.3 is 14.6 Å². The topological polar surface area (TPSA) is 106 Å². The number of aromatic nitrogens is 1. The van der Waals surface area contributed by atoms with E-state index in [2.05, 4.69) is 4.98 Å². The molecule has 1 aliphatic heterocycles. The zero-order chi connectivity index (χ0) is 26.5. The van der Waals surface area contributed by atoms with E-state index >= 15 is 0 Å². The molecular weight excluding hydrogens is 472 g/mol. The number of aliphatic hydroxyl groups is 1. The molecule has 1 amide bonds. The number of rotatable bonds is 8. The maximum absolute atomic E-state index is 13.4. The molecule has 3 aromatic rings. The summed E-state index contributed by atoms with van der Waals surface area (Å²) in [5, 5.41) is 11.3. The van der Waals surface area contributed by atoms with Gasteiger partial charge in [-0.2, -0.15) is 0 Å². The van der Waals surface area contributed by atoms with E-state index in [1.807, 2.05) is 6.92 Å². The third-order valence-corrected chi connectivity index (χ3v) is 5.73. The van der Waals surface area contributed by atoms with E-state index in [4.69, 9.17) is 9.47 Å². The number of carbonyl (C=O) groups is 3. The zero-order valence-electron chi connectivity index (χ0n) is 20.9. The van der Waals surface area contributed by atoms with Crippen molar-refractivity contribution in [1.82, 2.24) is 4.98 Å². The van der Waals surface area contributed by atoms with Crippen molar-refractivity contribution in [3.8, 4) is 5.75 Å². The molecule has 8 heteroatoms. The van der Waals surface area contributed by atoms with Crippen LogP contribution in [0.5, 0.6) is 5.75 Å². The minimum absolute atomic E-state index is 0.0826. The minimum atomic E-state index is -0.967. The molecule has 1 aliphatic rings. The van der Waals surface area contributed by atoms with Gasteiger partial charge in [-0.3, -0.25) is 19.5 Å². The molecule has 1 atom stereocenters. The van der Waals surface area contributed by atoms with Crippen molar-refractivity contribution >= 4 is 29.1 Å². The first-order valence-electron chi connectivity index (χ1n) is 12.1. The predicted molar refractivity (Wildman–Crippen MR) is 138 cm³/mol. The number of Topliss-reactive ketones (excluding diaryl/α,β-unsaturated/α-hetero) is 1. The largest absolute Gasteiger partial charge is 0.507 e. The lowest BCUT2D eigenvalue weighted by molar-refractivity contribution is -0.132. The fourth-order valence-corrected chi connectivity index (χ4v) is 4.13. The molecule has 0 bridgehead atoms. The second kappa shape index (κ2) is 11.1. The first kappa shape index (κ1) is 25.6. The van der Waals surface area contributed by atoms with Crippen molar-refractivity contribution in [2.45, 2.75) is 39.3 Å². The van der Waals surface area contributed by atoms with Crippen LogP contribution in [0.15, 0.2) is 78.6 Å². The lowest BCUT2D eigenvalue weighted by atomic mass is 9.96. The molecule has 8 nitrogen and oxygen atoms in total. The Kier molecular flexibility index (Phi) is 7.67. The number of amides is 1. The normalized spacial score (nSPS) is 16.8. The van der Waals surface area contributed by atoms with Crippen LogP contribution in [0.25, 0.3) is 5.76 Å². The van der Waals surface area contributed by atoms with Crippen LogP contribution >= 0.6 is 0 Å². The average molecular weight is 501 g/mol. The van der Waals surface area contributed by atoms with Gasteiger partial charge in [0.15, 0.2) is 0 Å². The van der Waals surface area contributed by atoms with Crippen molar-refractivity contribution in [2.75, 3.05) is 11.5 Å². The van der Waals surface area contributed by atoms with Gasteiger partial charge in [-0.25, -0.2) is 4.79 Å². The summed E-state index contributed by atoms with van der Waals surface area (Å²) in [5.74, 6) is -2.01. The second-order valence-corrected chi connectivity index (χ2v) is 8.84. The lowest BCUT2D eigenvalue weighted by Gasteiger charge is -2.25. The van der Waals surface area contributed by atoms with Gasteiger partial charge in [-0.15, -0.1) is 0 Å². The van der Waals surface area contributed by atoms with E-state index in [9.17, 15) is 19.5 Å². The van der Waals surface area contributed by atoms with Crippen molar-refractivity contribution in [3.63, 3.8) is 0 Å². The summed E-state index contributed by atoms with van der Waals surface area (Å²) in [6.45, 7) is 5.96. The van der Waals surface area contributed by atoms with Crippen LogP contribution in [0, 0.1) is 0 Å². The monoisotopic (exact) mass is 500 g/mol. The zero-order valence-corrected chi connectivity index (χ0v) is 20.9. The van der Waals surface area contributed by atoms with Gasteiger partial charge in [-0.1, -0.05) is 31.2 Å². The Morgan fingerprint density at radius 3 is 2.51 bits per heavy atom. The molecule has 1 N–H and O–H groups in total. The second-order valence-electron chi connectivity index (χ2n) is 8.84. The maximum Gasteiger partial charge on any atom is 0.338 e. The molecule has 37 heavy (non-hydrogen) atoms. The Balaban J connectivity index is 1.84. The van der Waals surface area contributed by atoms with E-state index in [0.29, 0.717) is 29.2 Å². The van der Waals surface area contributed by atoms with Gasteiger partial charge in [0.2, 0.25) is 0 Å². The molecule has 190 valence electrons. The van der Waals surface area contributed by atoms with Crippen molar-refractivity contribution < 1.29 is 29.0 Å². The van der Waals surface area contributed by atoms with E-state index < -0.39 is 23.7 Å². The summed E-state index contributed by atoms with van der Waals surface area (Å²) in [7, 11) is 0. The lowest BCUT2D eigenvalue weighted by Crippen LogP contribution is -2.29. The first-order valence-corrected chi connectivity index (χ1v) is 12.1. The SMILES string of the molecule is CCCOc1cccc(/C(O)=C2\C(=O)C(=O)N(c3cccc(C(=O)OC(C)C)c3)C2c2cccnc2)c1. The van der Waals surface area contributed by atoms with E-state index in [0.717, 1.165) is 6.42 Å². The molecule has 0 saturated carbocycles. The van der Waals surface area contributed by atoms with Gasteiger partial charge in [0.25, 0.3) is 11.7 Å². The average Bonchev–Trinajstić information content (AvgIpc) is 3.17. The molecular formula is C29H28N2O6. The van der Waals surface area contributed by atoms with Crippen LogP contribution < -0.4 is 9.64 Å². The van der Waals surface area contributed by atoms with Crippen LogP contribution in [0.3, 0.4) is 0 Å². The fraction of sp³-hybridized carbons (Fsp3) is 0.241. The number of esters is 1. The number of pyridine rings is 1. The van der Waals surface area contributed by atoms with Gasteiger partial charge in [0.05, 0.1) is 29.9 Å². The quantitative estimate of drug-likeness (QED) is 0.199. The minimum Gasteiger partial charge on any atom is -0.507 e. The Labute approximate surface area is 215 Å². The Morgan fingerprint density at radius 1 is 1.05 bits per heavy atom. The van der Waals surface area contributed by atoms with Crippen molar-refractivity contribution in [3.05, 3.63) is 95.3 Å². The van der Waals surface area contributed by atoms with E-state index in [1.165, 1.54) is 17.2 Å². The van der Waals surface area contributed by atoms with Crippen LogP contribution in [-0.4, -0.2) is 40.5 Å². The van der Waals surface area contributed by atoms with Gasteiger partial charge in [0.1, 0.15) is 11.5 Å². The highest BCUT2D eigenvalue weighted by molar-refractivity contribution is 6.51. The summed E-state index contributed by atoms with van der Waals surface area (Å²) < 4.78 is 11.0. The van der Waals surface area contributed by atoms with E-state index in [-0.39, 0.29) is 23.0 Å². The van der Waals surface area contributed by atoms with Gasteiger partial charge in [0, 0.05) is 23.6 Å². The molecule has 0 radical (unpaired) electrons. The van der Waals surface area contributed by atoms with Crippen molar-refractivity contribution in [2.24, 2.45) is 0 Å². The van der Waals surface area contributed by atoms with E-state index in [1.54, 1.807) is 74.6 Å². The van der Waals surface area contributed by atoms with Gasteiger partial charge in [-0.05, 0) is 62.2 Å². The van der Waals surface area contributed by atoms with Crippen LogP contribution in [0.4, 0.5) is 5.69 Å². The Bertz CT molecular complexity index is 1350. The highest BCUT2D eigenvalue weighted by atomic mass is 16.5. The number of anilines is 1. The molecule has 2 heterocycles. The Hall–Kier alpha value is -4.46. The molecule has 1 fully saturated rings. The number of carbonyl (C=O) groups excluding carboxylic acids is 3. The highest BCUT2D eigenvalue weighted by Gasteiger charge is 2.47. The number of benzene rings is 2. The smallest absolute Gasteiger partial charge is 0.338 e. The van der Waals surface area contributed by atoms with Gasteiger partial charge >= 0.3 is 5.97 Å². The number of hydrogen-bond donors (Lipinski definition) is 1. The predicted octanol–water partition coefficient (Wildman–Crippen LogP) is 5.06. The molecule has 2 aromatic carbocycles. The number of nitrogens with zero attached hydrogens (tertiary/aromatic N) is 2. The summed E-state index contributed by atoms with van der Waals surface area (Å²) in [6.07, 6.45) is 3.60. The summed E-state index contributed by atoms with van der Waals surface area (Å²) in [6, 6.07) is 15.5. The first-order chi connectivity index (χ1) is 17.8. The molecule has 0 spiro atoms. The molecule has 4 rings (SSSR count). The highest BCUT2D eigenvalue weighted by Crippen LogP contribution is 2.42. The molecule has 1 aromatic heterocycles. The van der Waals surface area contributed by atoms with Crippen LogP contribution in [0.2, 0.25) is 0 Å². The third-order valence-electron chi connectivity index (χ3n) is 5.73. The van der Waals surface area contributed by atoms with Crippen molar-refractivity contribution in [1.29, 1.82) is 0 Å². The number of ether oxygens (including phenoxy) is 2. The summed E-state index contributed by atoms with van der Waals surface area (Å²) in [5.41, 5.74) is 1.33. The van der Waals surface area contributed by atoms with Crippen LogP contribution in [-0.2, 0) is 14.3 Å².